The minimum atomic E-state index is 0.163. The SMILES string of the molecule is COc1ccc(N2CCN(Cc3c(C)cc(C)c(C(C)=O)c3C)CC2)cc1. The number of Topliss-reactive ketones (excluding diaryl/α,β-unsaturated/α-hetero) is 1. The highest BCUT2D eigenvalue weighted by molar-refractivity contribution is 5.97. The highest BCUT2D eigenvalue weighted by Crippen LogP contribution is 2.26. The van der Waals surface area contributed by atoms with E-state index in [1.807, 2.05) is 19.1 Å². The fraction of sp³-hybridized carbons (Fsp3) is 0.435. The molecule has 4 heteroatoms. The van der Waals surface area contributed by atoms with Crippen LogP contribution >= 0.6 is 0 Å². The minimum absolute atomic E-state index is 0.163. The van der Waals surface area contributed by atoms with Gasteiger partial charge in [0.2, 0.25) is 0 Å². The molecule has 2 aromatic rings. The zero-order valence-electron chi connectivity index (χ0n) is 17.1. The average molecular weight is 367 g/mol. The molecule has 1 aliphatic heterocycles. The summed E-state index contributed by atoms with van der Waals surface area (Å²) >= 11 is 0. The molecule has 1 fully saturated rings. The van der Waals surface area contributed by atoms with E-state index in [4.69, 9.17) is 4.74 Å². The second kappa shape index (κ2) is 8.13. The Hall–Kier alpha value is -2.33. The molecule has 27 heavy (non-hydrogen) atoms. The molecule has 2 aromatic carbocycles. The van der Waals surface area contributed by atoms with E-state index >= 15 is 0 Å². The lowest BCUT2D eigenvalue weighted by molar-refractivity contribution is 0.101. The Bertz CT molecular complexity index is 819. The number of methoxy groups -OCH3 is 1. The van der Waals surface area contributed by atoms with Gasteiger partial charge in [-0.25, -0.2) is 0 Å². The van der Waals surface area contributed by atoms with Crippen LogP contribution in [0.1, 0.15) is 39.5 Å². The summed E-state index contributed by atoms with van der Waals surface area (Å²) in [6, 6.07) is 10.4. The lowest BCUT2D eigenvalue weighted by Gasteiger charge is -2.36. The molecule has 0 aromatic heterocycles. The molecular weight excluding hydrogens is 336 g/mol. The van der Waals surface area contributed by atoms with Crippen molar-refractivity contribution < 1.29 is 9.53 Å². The standard InChI is InChI=1S/C23H30N2O2/c1-16-14-17(2)23(19(4)26)18(3)22(16)15-24-10-12-25(13-11-24)20-6-8-21(27-5)9-7-20/h6-9,14H,10-13,15H2,1-5H3. The van der Waals surface area contributed by atoms with Crippen molar-refractivity contribution in [2.24, 2.45) is 0 Å². The summed E-state index contributed by atoms with van der Waals surface area (Å²) in [5.41, 5.74) is 6.98. The van der Waals surface area contributed by atoms with Gasteiger partial charge in [-0.1, -0.05) is 6.07 Å². The van der Waals surface area contributed by atoms with Gasteiger partial charge in [-0.05, 0) is 74.2 Å². The van der Waals surface area contributed by atoms with E-state index in [2.05, 4.69) is 41.8 Å². The van der Waals surface area contributed by atoms with Crippen molar-refractivity contribution in [3.05, 3.63) is 58.1 Å². The zero-order valence-corrected chi connectivity index (χ0v) is 17.1. The van der Waals surface area contributed by atoms with Gasteiger partial charge in [0, 0.05) is 44.0 Å². The first-order valence-electron chi connectivity index (χ1n) is 9.62. The topological polar surface area (TPSA) is 32.8 Å². The fourth-order valence-electron chi connectivity index (χ4n) is 4.19. The maximum atomic E-state index is 12.1. The molecule has 0 amide bonds. The maximum absolute atomic E-state index is 12.1. The van der Waals surface area contributed by atoms with Crippen LogP contribution in [-0.2, 0) is 6.54 Å². The van der Waals surface area contributed by atoms with Gasteiger partial charge in [0.05, 0.1) is 7.11 Å². The van der Waals surface area contributed by atoms with E-state index in [1.165, 1.54) is 16.8 Å². The number of carbonyl (C=O) groups is 1. The number of hydrogen-bond donors (Lipinski definition) is 0. The van der Waals surface area contributed by atoms with Gasteiger partial charge < -0.3 is 9.64 Å². The Morgan fingerprint density at radius 3 is 2.19 bits per heavy atom. The molecule has 0 bridgehead atoms. The van der Waals surface area contributed by atoms with Gasteiger partial charge in [-0.3, -0.25) is 9.69 Å². The second-order valence-corrected chi connectivity index (χ2v) is 7.51. The van der Waals surface area contributed by atoms with Crippen molar-refractivity contribution in [1.29, 1.82) is 0 Å². The van der Waals surface area contributed by atoms with Crippen molar-refractivity contribution in [2.75, 3.05) is 38.2 Å². The number of ether oxygens (including phenoxy) is 1. The minimum Gasteiger partial charge on any atom is -0.497 e. The molecular formula is C23H30N2O2. The van der Waals surface area contributed by atoms with Crippen LogP contribution in [0.15, 0.2) is 30.3 Å². The average Bonchev–Trinajstić information content (AvgIpc) is 2.65. The number of benzene rings is 2. The fourth-order valence-corrected chi connectivity index (χ4v) is 4.19. The van der Waals surface area contributed by atoms with Crippen LogP contribution in [0, 0.1) is 20.8 Å². The number of ketones is 1. The summed E-state index contributed by atoms with van der Waals surface area (Å²) in [5, 5.41) is 0. The number of anilines is 1. The van der Waals surface area contributed by atoms with Crippen LogP contribution in [0.5, 0.6) is 5.75 Å². The normalized spacial score (nSPS) is 15.1. The lowest BCUT2D eigenvalue weighted by atomic mass is 9.91. The quantitative estimate of drug-likeness (QED) is 0.745. The highest BCUT2D eigenvalue weighted by Gasteiger charge is 2.20. The van der Waals surface area contributed by atoms with Crippen molar-refractivity contribution in [3.63, 3.8) is 0 Å². The smallest absolute Gasteiger partial charge is 0.160 e. The molecule has 0 saturated carbocycles. The molecule has 1 heterocycles. The highest BCUT2D eigenvalue weighted by atomic mass is 16.5. The molecule has 144 valence electrons. The monoisotopic (exact) mass is 366 g/mol. The van der Waals surface area contributed by atoms with Gasteiger partial charge in [0.15, 0.2) is 5.78 Å². The first kappa shape index (κ1) is 19.4. The van der Waals surface area contributed by atoms with E-state index in [-0.39, 0.29) is 5.78 Å². The van der Waals surface area contributed by atoms with Crippen molar-refractivity contribution in [3.8, 4) is 5.75 Å². The summed E-state index contributed by atoms with van der Waals surface area (Å²) in [5.74, 6) is 1.06. The molecule has 0 unspecified atom stereocenters. The first-order valence-corrected chi connectivity index (χ1v) is 9.62. The Morgan fingerprint density at radius 1 is 1.00 bits per heavy atom. The van der Waals surface area contributed by atoms with Gasteiger partial charge in [-0.2, -0.15) is 0 Å². The van der Waals surface area contributed by atoms with Crippen LogP contribution in [0.25, 0.3) is 0 Å². The molecule has 0 aliphatic carbocycles. The van der Waals surface area contributed by atoms with Crippen molar-refractivity contribution >= 4 is 11.5 Å². The molecule has 3 rings (SSSR count). The third-order valence-electron chi connectivity index (χ3n) is 5.67. The summed E-state index contributed by atoms with van der Waals surface area (Å²) in [7, 11) is 1.69. The van der Waals surface area contributed by atoms with E-state index in [1.54, 1.807) is 14.0 Å². The zero-order chi connectivity index (χ0) is 19.6. The van der Waals surface area contributed by atoms with E-state index < -0.39 is 0 Å². The predicted molar refractivity (Wildman–Crippen MR) is 111 cm³/mol. The molecule has 1 aliphatic rings. The molecule has 0 radical (unpaired) electrons. The van der Waals surface area contributed by atoms with Crippen LogP contribution in [0.3, 0.4) is 0 Å². The van der Waals surface area contributed by atoms with Crippen LogP contribution in [0.2, 0.25) is 0 Å². The number of carbonyl (C=O) groups excluding carboxylic acids is 1. The Balaban J connectivity index is 1.69. The number of piperazine rings is 1. The Labute approximate surface area is 162 Å². The number of rotatable bonds is 5. The van der Waals surface area contributed by atoms with Crippen molar-refractivity contribution in [2.45, 2.75) is 34.2 Å². The number of nitrogens with zero attached hydrogens (tertiary/aromatic N) is 2. The van der Waals surface area contributed by atoms with E-state index in [0.29, 0.717) is 0 Å². The van der Waals surface area contributed by atoms with E-state index in [0.717, 1.165) is 55.2 Å². The van der Waals surface area contributed by atoms with Crippen LogP contribution < -0.4 is 9.64 Å². The molecule has 0 atom stereocenters. The van der Waals surface area contributed by atoms with E-state index in [9.17, 15) is 4.79 Å². The molecule has 0 N–H and O–H groups in total. The number of hydrogen-bond acceptors (Lipinski definition) is 4. The third kappa shape index (κ3) is 4.16. The first-order chi connectivity index (χ1) is 12.9. The van der Waals surface area contributed by atoms with Crippen molar-refractivity contribution in [1.82, 2.24) is 4.90 Å². The van der Waals surface area contributed by atoms with Gasteiger partial charge in [-0.15, -0.1) is 0 Å². The number of aryl methyl sites for hydroxylation is 2. The predicted octanol–water partition coefficient (Wildman–Crippen LogP) is 4.15. The summed E-state index contributed by atoms with van der Waals surface area (Å²) < 4.78 is 5.25. The maximum Gasteiger partial charge on any atom is 0.160 e. The van der Waals surface area contributed by atoms with Gasteiger partial charge in [0.25, 0.3) is 0 Å². The van der Waals surface area contributed by atoms with Gasteiger partial charge in [0.1, 0.15) is 5.75 Å². The molecule has 0 spiro atoms. The molecule has 4 nitrogen and oxygen atoms in total. The Morgan fingerprint density at radius 2 is 1.63 bits per heavy atom. The van der Waals surface area contributed by atoms with Crippen LogP contribution in [0.4, 0.5) is 5.69 Å². The largest absolute Gasteiger partial charge is 0.497 e. The summed E-state index contributed by atoms with van der Waals surface area (Å²) in [6.45, 7) is 12.9. The van der Waals surface area contributed by atoms with Crippen LogP contribution in [-0.4, -0.2) is 44.0 Å². The summed E-state index contributed by atoms with van der Waals surface area (Å²) in [4.78, 5) is 17.0. The summed E-state index contributed by atoms with van der Waals surface area (Å²) in [6.07, 6.45) is 0. The van der Waals surface area contributed by atoms with Gasteiger partial charge >= 0.3 is 0 Å². The lowest BCUT2D eigenvalue weighted by Crippen LogP contribution is -2.46. The third-order valence-corrected chi connectivity index (χ3v) is 5.67. The molecule has 1 saturated heterocycles. The second-order valence-electron chi connectivity index (χ2n) is 7.51. The Kier molecular flexibility index (Phi) is 5.85.